The van der Waals surface area contributed by atoms with Crippen LogP contribution in [0, 0.1) is 0 Å². The van der Waals surface area contributed by atoms with Crippen LogP contribution in [0.2, 0.25) is 0 Å². The summed E-state index contributed by atoms with van der Waals surface area (Å²) in [5, 5.41) is 16.8. The topological polar surface area (TPSA) is 101 Å². The Morgan fingerprint density at radius 2 is 2.20 bits per heavy atom. The van der Waals surface area contributed by atoms with Gasteiger partial charge in [-0.25, -0.2) is 0 Å². The molecule has 10 heavy (non-hydrogen) atoms. The van der Waals surface area contributed by atoms with E-state index in [0.717, 1.165) is 0 Å². The van der Waals surface area contributed by atoms with E-state index in [9.17, 15) is 9.59 Å². The summed E-state index contributed by atoms with van der Waals surface area (Å²) < 4.78 is 34.7. The maximum absolute atomic E-state index is 10.4. The van der Waals surface area contributed by atoms with E-state index in [1.807, 2.05) is 0 Å². The first-order valence-corrected chi connectivity index (χ1v) is 2.14. The fourth-order valence-electron chi connectivity index (χ4n) is 0.174. The Hall–Kier alpha value is -1.10. The van der Waals surface area contributed by atoms with Crippen LogP contribution in [0.1, 0.15) is 19.6 Å². The van der Waals surface area contributed by atoms with Crippen molar-refractivity contribution in [3.05, 3.63) is 0 Å². The zero-order valence-electron chi connectivity index (χ0n) is 9.79. The zero-order valence-corrected chi connectivity index (χ0v) is 4.79. The lowest BCUT2D eigenvalue weighted by Gasteiger charge is -2.01. The average molecular weight is 152 g/mol. The largest absolute Gasteiger partial charge is 0.481 e. The van der Waals surface area contributed by atoms with Crippen LogP contribution >= 0.6 is 0 Å². The van der Waals surface area contributed by atoms with Gasteiger partial charge in [0, 0.05) is 11.9 Å². The molecule has 4 N–H and O–H groups in total. The standard InChI is InChI=1S/C5H9NO4/c6-3(5(9)10)1-2-4(7)8/h3H,1-2,6H2,(H,7,8)(H,9,10)/i1D2,2D2,3D. The highest BCUT2D eigenvalue weighted by Crippen LogP contribution is 1.93. The van der Waals surface area contributed by atoms with Gasteiger partial charge >= 0.3 is 11.9 Å². The summed E-state index contributed by atoms with van der Waals surface area (Å²) in [5.74, 6) is -4.38. The number of carboxylic acid groups (broad SMARTS) is 2. The quantitative estimate of drug-likeness (QED) is 0.492. The molecule has 0 aromatic carbocycles. The fraction of sp³-hybridized carbons (Fsp3) is 0.600. The molecule has 0 spiro atoms. The third-order valence-electron chi connectivity index (χ3n) is 0.535. The smallest absolute Gasteiger partial charge is 0.320 e. The first kappa shape index (κ1) is 3.34. The van der Waals surface area contributed by atoms with Crippen LogP contribution in [0.15, 0.2) is 0 Å². The van der Waals surface area contributed by atoms with Crippen LogP contribution in [-0.2, 0) is 9.59 Å². The first-order valence-electron chi connectivity index (χ1n) is 4.64. The molecular formula is C5H9NO4. The van der Waals surface area contributed by atoms with Crippen molar-refractivity contribution in [3.8, 4) is 0 Å². The van der Waals surface area contributed by atoms with E-state index < -0.39 is 30.7 Å². The average Bonchev–Trinajstić information content (AvgIpc) is 2.02. The van der Waals surface area contributed by atoms with Gasteiger partial charge in [-0.1, -0.05) is 0 Å². The van der Waals surface area contributed by atoms with E-state index >= 15 is 0 Å². The highest BCUT2D eigenvalue weighted by atomic mass is 16.4. The van der Waals surface area contributed by atoms with E-state index in [1.54, 1.807) is 0 Å². The van der Waals surface area contributed by atoms with Gasteiger partial charge in [0.25, 0.3) is 0 Å². The summed E-state index contributed by atoms with van der Waals surface area (Å²) in [4.78, 5) is 20.8. The first-order chi connectivity index (χ1) is 6.39. The molecule has 1 atom stereocenters. The number of hydrogen-bond acceptors (Lipinski definition) is 3. The Labute approximate surface area is 64.5 Å². The molecule has 5 nitrogen and oxygen atoms in total. The predicted octanol–water partition coefficient (Wildman–Crippen LogP) is -0.737. The lowest BCUT2D eigenvalue weighted by Crippen LogP contribution is -2.30. The van der Waals surface area contributed by atoms with Crippen molar-refractivity contribution < 1.29 is 26.7 Å². The molecular weight excluding hydrogens is 138 g/mol. The van der Waals surface area contributed by atoms with Crippen LogP contribution in [0.3, 0.4) is 0 Å². The Morgan fingerprint density at radius 3 is 2.50 bits per heavy atom. The molecule has 0 amide bonds. The van der Waals surface area contributed by atoms with Crippen LogP contribution in [0.4, 0.5) is 0 Å². The van der Waals surface area contributed by atoms with Crippen molar-refractivity contribution >= 4 is 11.9 Å². The molecule has 0 radical (unpaired) electrons. The Bertz CT molecular complexity index is 274. The molecule has 0 aliphatic carbocycles. The van der Waals surface area contributed by atoms with E-state index in [1.165, 1.54) is 0 Å². The van der Waals surface area contributed by atoms with Crippen molar-refractivity contribution in [3.63, 3.8) is 0 Å². The number of hydrogen-bond donors (Lipinski definition) is 3. The molecule has 0 aromatic heterocycles. The Kier molecular flexibility index (Phi) is 1.28. The Balaban J connectivity index is 5.50. The van der Waals surface area contributed by atoms with E-state index in [0.29, 0.717) is 0 Å². The maximum atomic E-state index is 10.4. The number of aliphatic carboxylic acids is 2. The minimum atomic E-state index is -3.59. The molecule has 0 fully saturated rings. The van der Waals surface area contributed by atoms with Crippen molar-refractivity contribution in [2.24, 2.45) is 5.73 Å². The summed E-state index contributed by atoms with van der Waals surface area (Å²) >= 11 is 0. The SMILES string of the molecule is [2H]C([2H])(C(=O)O)C([2H])([2H])C([2H])(N)C(=O)O. The second-order valence-electron chi connectivity index (χ2n) is 1.27. The molecule has 0 saturated carbocycles. The number of carbonyl (C=O) groups is 2. The van der Waals surface area contributed by atoms with Gasteiger partial charge in [0.05, 0.1) is 1.37 Å². The van der Waals surface area contributed by atoms with Crippen LogP contribution in [-0.4, -0.2) is 28.2 Å². The summed E-state index contributed by atoms with van der Waals surface area (Å²) in [5.41, 5.74) is 4.75. The van der Waals surface area contributed by atoms with E-state index in [-0.39, 0.29) is 0 Å². The fourth-order valence-corrected chi connectivity index (χ4v) is 0.174. The number of rotatable bonds is 4. The minimum absolute atomic E-state index is 2.15. The van der Waals surface area contributed by atoms with E-state index in [4.69, 9.17) is 22.8 Å². The van der Waals surface area contributed by atoms with Crippen LogP contribution < -0.4 is 5.73 Å². The van der Waals surface area contributed by atoms with Crippen molar-refractivity contribution in [2.75, 3.05) is 0 Å². The molecule has 0 saturated heterocycles. The van der Waals surface area contributed by atoms with Crippen molar-refractivity contribution in [1.82, 2.24) is 0 Å². The molecule has 58 valence electrons. The molecule has 0 rings (SSSR count). The van der Waals surface area contributed by atoms with Gasteiger partial charge < -0.3 is 15.9 Å². The summed E-state index contributed by atoms with van der Waals surface area (Å²) in [7, 11) is 0. The lowest BCUT2D eigenvalue weighted by molar-refractivity contribution is -0.139. The predicted molar refractivity (Wildman–Crippen MR) is 32.5 cm³/mol. The van der Waals surface area contributed by atoms with Crippen LogP contribution in [0.25, 0.3) is 0 Å². The minimum Gasteiger partial charge on any atom is -0.481 e. The van der Waals surface area contributed by atoms with Gasteiger partial charge in [-0.15, -0.1) is 0 Å². The van der Waals surface area contributed by atoms with Gasteiger partial charge in [0.1, 0.15) is 6.02 Å². The van der Waals surface area contributed by atoms with E-state index in [2.05, 4.69) is 0 Å². The third kappa shape index (κ3) is 3.85. The van der Waals surface area contributed by atoms with Gasteiger partial charge in [0.2, 0.25) is 0 Å². The highest BCUT2D eigenvalue weighted by molar-refractivity contribution is 5.74. The second-order valence-corrected chi connectivity index (χ2v) is 1.27. The van der Waals surface area contributed by atoms with Gasteiger partial charge in [0.15, 0.2) is 0 Å². The number of nitrogens with two attached hydrogens (primary N) is 1. The summed E-state index contributed by atoms with van der Waals surface area (Å²) in [6.07, 6.45) is -7.17. The highest BCUT2D eigenvalue weighted by Gasteiger charge is 2.12. The molecule has 5 heteroatoms. The molecule has 0 aromatic rings. The summed E-state index contributed by atoms with van der Waals surface area (Å²) in [6.45, 7) is 0. The van der Waals surface area contributed by atoms with Crippen molar-refractivity contribution in [2.45, 2.75) is 18.8 Å². The monoisotopic (exact) mass is 152 g/mol. The second kappa shape index (κ2) is 3.84. The molecule has 1 unspecified atom stereocenters. The van der Waals surface area contributed by atoms with Gasteiger partial charge in [-0.05, 0) is 6.37 Å². The molecule has 0 aliphatic rings. The Morgan fingerprint density at radius 1 is 1.70 bits per heavy atom. The zero-order chi connectivity index (χ0) is 12.7. The third-order valence-corrected chi connectivity index (χ3v) is 0.535. The van der Waals surface area contributed by atoms with Gasteiger partial charge in [-0.3, -0.25) is 9.59 Å². The van der Waals surface area contributed by atoms with Gasteiger partial charge in [-0.2, -0.15) is 0 Å². The lowest BCUT2D eigenvalue weighted by atomic mass is 10.2. The number of carboxylic acids is 2. The molecule has 0 aliphatic heterocycles. The molecule has 0 bridgehead atoms. The normalized spacial score (nSPS) is 25.9. The molecule has 0 heterocycles. The summed E-state index contributed by atoms with van der Waals surface area (Å²) in [6, 6.07) is -3.39. The van der Waals surface area contributed by atoms with Crippen LogP contribution in [0.5, 0.6) is 0 Å². The van der Waals surface area contributed by atoms with Crippen molar-refractivity contribution in [1.29, 1.82) is 0 Å². The maximum Gasteiger partial charge on any atom is 0.320 e.